The van der Waals surface area contributed by atoms with E-state index in [0.29, 0.717) is 5.56 Å². The molecule has 0 aliphatic carbocycles. The SMILES string of the molecule is CC1=[N+]2[B]n3c(C)ccc3C(c3ccc(C=O)cc3)=C2C=C1. The lowest BCUT2D eigenvalue weighted by Crippen LogP contribution is -2.31. The van der Waals surface area contributed by atoms with Crippen LogP contribution in [0.15, 0.2) is 54.2 Å². The summed E-state index contributed by atoms with van der Waals surface area (Å²) in [4.78, 5) is 10.9. The van der Waals surface area contributed by atoms with Crippen LogP contribution < -0.4 is 0 Å². The number of rotatable bonds is 2. The number of benzene rings is 1. The molecule has 1 aromatic carbocycles. The molecular formula is C18H15BN2O+. The summed E-state index contributed by atoms with van der Waals surface area (Å²) >= 11 is 0. The Morgan fingerprint density at radius 1 is 1.05 bits per heavy atom. The van der Waals surface area contributed by atoms with Crippen LogP contribution >= 0.6 is 0 Å². The Bertz CT molecular complexity index is 882. The van der Waals surface area contributed by atoms with E-state index in [1.54, 1.807) is 0 Å². The van der Waals surface area contributed by atoms with E-state index in [4.69, 9.17) is 0 Å². The Labute approximate surface area is 130 Å². The number of aromatic nitrogens is 1. The van der Waals surface area contributed by atoms with Gasteiger partial charge >= 0.3 is 7.55 Å². The molecule has 0 saturated heterocycles. The summed E-state index contributed by atoms with van der Waals surface area (Å²) in [7, 11) is 2.14. The standard InChI is InChI=1S/C18H15BN2O/c1-12-3-9-16-18(15-7-5-14(11-22)6-8-15)17-10-4-13(2)21(17)19-20(12)16/h3-11H,1-2H3/q+1. The van der Waals surface area contributed by atoms with Gasteiger partial charge in [0.1, 0.15) is 6.29 Å². The Kier molecular flexibility index (Phi) is 2.79. The molecule has 1 radical (unpaired) electrons. The molecule has 0 spiro atoms. The number of aryl methyl sites for hydroxylation is 1. The van der Waals surface area contributed by atoms with Gasteiger partial charge in [0.15, 0.2) is 11.4 Å². The van der Waals surface area contributed by atoms with Gasteiger partial charge in [-0.1, -0.05) is 24.3 Å². The number of nitrogens with zero attached hydrogens (tertiary/aromatic N) is 2. The highest BCUT2D eigenvalue weighted by atomic mass is 16.1. The second-order valence-corrected chi connectivity index (χ2v) is 5.69. The average Bonchev–Trinajstić information content (AvgIpc) is 3.10. The summed E-state index contributed by atoms with van der Waals surface area (Å²) in [6, 6.07) is 12.1. The molecule has 0 saturated carbocycles. The van der Waals surface area contributed by atoms with Crippen LogP contribution in [-0.4, -0.2) is 28.5 Å². The summed E-state index contributed by atoms with van der Waals surface area (Å²) in [6.07, 6.45) is 5.16. The maximum absolute atomic E-state index is 10.9. The number of aldehydes is 1. The van der Waals surface area contributed by atoms with Gasteiger partial charge < -0.3 is 4.48 Å². The highest BCUT2D eigenvalue weighted by Crippen LogP contribution is 2.33. The smallest absolute Gasteiger partial charge is 0.322 e. The van der Waals surface area contributed by atoms with E-state index in [9.17, 15) is 4.79 Å². The molecule has 2 aliphatic heterocycles. The highest BCUT2D eigenvalue weighted by Gasteiger charge is 2.36. The molecule has 0 unspecified atom stereocenters. The van der Waals surface area contributed by atoms with Gasteiger partial charge in [-0.3, -0.25) is 9.28 Å². The molecule has 0 atom stereocenters. The van der Waals surface area contributed by atoms with Gasteiger partial charge in [0.2, 0.25) is 0 Å². The number of carbonyl (C=O) groups is 1. The lowest BCUT2D eigenvalue weighted by molar-refractivity contribution is -0.313. The molecule has 1 aromatic heterocycles. The first-order valence-corrected chi connectivity index (χ1v) is 7.33. The van der Waals surface area contributed by atoms with Crippen molar-refractivity contribution in [3.8, 4) is 0 Å². The molecule has 0 N–H and O–H groups in total. The van der Waals surface area contributed by atoms with Crippen molar-refractivity contribution in [1.29, 1.82) is 0 Å². The molecule has 3 nitrogen and oxygen atoms in total. The van der Waals surface area contributed by atoms with E-state index in [2.05, 4.69) is 54.6 Å². The molecule has 3 heterocycles. The predicted octanol–water partition coefficient (Wildman–Crippen LogP) is 2.81. The first-order chi connectivity index (χ1) is 10.7. The number of hydrogen-bond donors (Lipinski definition) is 0. The largest absolute Gasteiger partial charge is 0.699 e. The van der Waals surface area contributed by atoms with Crippen molar-refractivity contribution in [1.82, 2.24) is 4.48 Å². The van der Waals surface area contributed by atoms with E-state index in [1.165, 1.54) is 28.4 Å². The van der Waals surface area contributed by atoms with Crippen molar-refractivity contribution in [3.63, 3.8) is 0 Å². The van der Waals surface area contributed by atoms with Gasteiger partial charge in [-0.05, 0) is 24.6 Å². The van der Waals surface area contributed by atoms with Gasteiger partial charge in [-0.25, -0.2) is 0 Å². The van der Waals surface area contributed by atoms with Crippen molar-refractivity contribution in [3.05, 3.63) is 76.8 Å². The third kappa shape index (κ3) is 1.77. The van der Waals surface area contributed by atoms with E-state index in [1.807, 2.05) is 24.3 Å². The van der Waals surface area contributed by atoms with Gasteiger partial charge in [0, 0.05) is 36.0 Å². The summed E-state index contributed by atoms with van der Waals surface area (Å²) < 4.78 is 4.42. The van der Waals surface area contributed by atoms with Crippen molar-refractivity contribution in [2.45, 2.75) is 13.8 Å². The minimum Gasteiger partial charge on any atom is -0.322 e. The molecule has 2 aliphatic rings. The molecule has 4 heteroatoms. The molecule has 0 fully saturated rings. The fourth-order valence-electron chi connectivity index (χ4n) is 3.09. The monoisotopic (exact) mass is 286 g/mol. The van der Waals surface area contributed by atoms with Crippen LogP contribution in [-0.2, 0) is 0 Å². The lowest BCUT2D eigenvalue weighted by atomic mass is 9.92. The van der Waals surface area contributed by atoms with Gasteiger partial charge in [-0.2, -0.15) is 0 Å². The van der Waals surface area contributed by atoms with Crippen LogP contribution in [0.2, 0.25) is 0 Å². The molecule has 105 valence electrons. The second kappa shape index (κ2) is 4.70. The second-order valence-electron chi connectivity index (χ2n) is 5.69. The summed E-state index contributed by atoms with van der Waals surface area (Å²) in [5.41, 5.74) is 7.79. The van der Waals surface area contributed by atoms with E-state index in [-0.39, 0.29) is 0 Å². The number of carbonyl (C=O) groups excluding carboxylic acids is 1. The summed E-state index contributed by atoms with van der Waals surface area (Å²) in [5, 5.41) is 0. The van der Waals surface area contributed by atoms with Crippen LogP contribution in [0.3, 0.4) is 0 Å². The minimum atomic E-state index is 0.699. The zero-order valence-corrected chi connectivity index (χ0v) is 12.6. The van der Waals surface area contributed by atoms with Crippen LogP contribution in [0.5, 0.6) is 0 Å². The Morgan fingerprint density at radius 3 is 2.55 bits per heavy atom. The van der Waals surface area contributed by atoms with Crippen molar-refractivity contribution < 1.29 is 9.28 Å². The lowest BCUT2D eigenvalue weighted by Gasteiger charge is -2.18. The molecular weight excluding hydrogens is 271 g/mol. The van der Waals surface area contributed by atoms with E-state index in [0.717, 1.165) is 11.8 Å². The third-order valence-electron chi connectivity index (χ3n) is 4.32. The highest BCUT2D eigenvalue weighted by molar-refractivity contribution is 6.29. The Morgan fingerprint density at radius 2 is 1.82 bits per heavy atom. The molecule has 0 bridgehead atoms. The van der Waals surface area contributed by atoms with Crippen molar-refractivity contribution in [2.75, 3.05) is 0 Å². The van der Waals surface area contributed by atoms with Crippen LogP contribution in [0, 0.1) is 6.92 Å². The molecule has 4 rings (SSSR count). The number of fused-ring (bicyclic) bond motifs is 2. The first-order valence-electron chi connectivity index (χ1n) is 7.33. The van der Waals surface area contributed by atoms with E-state index < -0.39 is 0 Å². The zero-order valence-electron chi connectivity index (χ0n) is 12.6. The fourth-order valence-corrected chi connectivity index (χ4v) is 3.09. The summed E-state index contributed by atoms with van der Waals surface area (Å²) in [6.45, 7) is 4.22. The number of allylic oxidation sites excluding steroid dienone is 2. The number of hydrogen-bond acceptors (Lipinski definition) is 1. The maximum Gasteiger partial charge on any atom is 0.699 e. The normalized spacial score (nSPS) is 15.7. The molecule has 22 heavy (non-hydrogen) atoms. The van der Waals surface area contributed by atoms with Gasteiger partial charge in [-0.15, -0.1) is 0 Å². The maximum atomic E-state index is 10.9. The zero-order chi connectivity index (χ0) is 15.3. The van der Waals surface area contributed by atoms with Gasteiger partial charge in [0.25, 0.3) is 0 Å². The average molecular weight is 286 g/mol. The predicted molar refractivity (Wildman–Crippen MR) is 88.3 cm³/mol. The van der Waals surface area contributed by atoms with Crippen LogP contribution in [0.4, 0.5) is 0 Å². The Hall–Kier alpha value is -2.62. The van der Waals surface area contributed by atoms with Crippen molar-refractivity contribution in [2.24, 2.45) is 0 Å². The van der Waals surface area contributed by atoms with Gasteiger partial charge in [0.05, 0.1) is 5.57 Å². The fraction of sp³-hybridized carbons (Fsp3) is 0.111. The molecule has 0 amide bonds. The Balaban J connectivity index is 1.98. The third-order valence-corrected chi connectivity index (χ3v) is 4.32. The van der Waals surface area contributed by atoms with E-state index >= 15 is 0 Å². The molecule has 2 aromatic rings. The summed E-state index contributed by atoms with van der Waals surface area (Å²) in [5.74, 6) is 0. The first kappa shape index (κ1) is 13.1. The quantitative estimate of drug-likeness (QED) is 0.615. The van der Waals surface area contributed by atoms with Crippen LogP contribution in [0.1, 0.15) is 34.2 Å². The topological polar surface area (TPSA) is 25.0 Å². The minimum absolute atomic E-state index is 0.699. The van der Waals surface area contributed by atoms with Crippen molar-refractivity contribution >= 4 is 25.1 Å². The van der Waals surface area contributed by atoms with Crippen LogP contribution in [0.25, 0.3) is 5.57 Å².